The van der Waals surface area contributed by atoms with Crippen LogP contribution in [0.15, 0.2) is 30.3 Å². The summed E-state index contributed by atoms with van der Waals surface area (Å²) < 4.78 is 4.98. The molecule has 0 saturated heterocycles. The van der Waals surface area contributed by atoms with Crippen LogP contribution in [0, 0.1) is 0 Å². The molecule has 0 unspecified atom stereocenters. The molecule has 0 bridgehead atoms. The number of carbonyl (C=O) groups excluding carboxylic acids is 1. The van der Waals surface area contributed by atoms with E-state index < -0.39 is 0 Å². The summed E-state index contributed by atoms with van der Waals surface area (Å²) in [5.74, 6) is 0.145. The van der Waals surface area contributed by atoms with Crippen molar-refractivity contribution in [1.82, 2.24) is 5.32 Å². The predicted octanol–water partition coefficient (Wildman–Crippen LogP) is 3.29. The fourth-order valence-electron chi connectivity index (χ4n) is 2.15. The lowest BCUT2D eigenvalue weighted by Crippen LogP contribution is -2.27. The van der Waals surface area contributed by atoms with E-state index in [1.807, 2.05) is 18.2 Å². The van der Waals surface area contributed by atoms with Gasteiger partial charge in [0.1, 0.15) is 0 Å². The summed E-state index contributed by atoms with van der Waals surface area (Å²) >= 11 is 0. The molecule has 3 nitrogen and oxygen atoms in total. The summed E-state index contributed by atoms with van der Waals surface area (Å²) in [6.07, 6.45) is 3.40. The zero-order valence-electron chi connectivity index (χ0n) is 12.9. The van der Waals surface area contributed by atoms with Crippen molar-refractivity contribution in [2.75, 3.05) is 20.3 Å². The molecule has 1 rings (SSSR count). The third kappa shape index (κ3) is 6.20. The van der Waals surface area contributed by atoms with Gasteiger partial charge in [0, 0.05) is 26.7 Å². The molecule has 1 amide bonds. The molecule has 20 heavy (non-hydrogen) atoms. The highest BCUT2D eigenvalue weighted by atomic mass is 16.5. The highest BCUT2D eigenvalue weighted by molar-refractivity contribution is 5.75. The molecular weight excluding hydrogens is 250 g/mol. The standard InChI is InChI=1S/C17H27NO2/c1-17(2,15-9-5-4-6-10-15)12-11-16(19)18-13-7-8-14-20-3/h4-6,9-10H,7-8,11-14H2,1-3H3,(H,18,19). The van der Waals surface area contributed by atoms with E-state index in [0.29, 0.717) is 6.42 Å². The Labute approximate surface area is 122 Å². The average molecular weight is 277 g/mol. The topological polar surface area (TPSA) is 38.3 Å². The maximum Gasteiger partial charge on any atom is 0.220 e. The highest BCUT2D eigenvalue weighted by Crippen LogP contribution is 2.27. The van der Waals surface area contributed by atoms with Crippen molar-refractivity contribution in [2.45, 2.75) is 44.9 Å². The molecule has 0 radical (unpaired) electrons. The Bertz CT molecular complexity index is 387. The van der Waals surface area contributed by atoms with E-state index in [-0.39, 0.29) is 11.3 Å². The van der Waals surface area contributed by atoms with E-state index >= 15 is 0 Å². The summed E-state index contributed by atoms with van der Waals surface area (Å²) in [4.78, 5) is 11.8. The van der Waals surface area contributed by atoms with Gasteiger partial charge in [0.2, 0.25) is 5.91 Å². The predicted molar refractivity (Wildman–Crippen MR) is 82.8 cm³/mol. The first-order valence-corrected chi connectivity index (χ1v) is 7.37. The Morgan fingerprint density at radius 1 is 1.20 bits per heavy atom. The number of unbranched alkanes of at least 4 members (excludes halogenated alkanes) is 1. The van der Waals surface area contributed by atoms with Gasteiger partial charge in [-0.05, 0) is 30.2 Å². The summed E-state index contributed by atoms with van der Waals surface area (Å²) in [7, 11) is 1.70. The van der Waals surface area contributed by atoms with E-state index in [2.05, 4.69) is 31.3 Å². The molecule has 0 aromatic heterocycles. The van der Waals surface area contributed by atoms with Gasteiger partial charge in [0.15, 0.2) is 0 Å². The molecule has 0 aliphatic rings. The van der Waals surface area contributed by atoms with Gasteiger partial charge in [-0.1, -0.05) is 44.2 Å². The minimum atomic E-state index is 0.0364. The first kappa shape index (κ1) is 16.7. The van der Waals surface area contributed by atoms with Crippen LogP contribution in [0.1, 0.15) is 45.1 Å². The smallest absolute Gasteiger partial charge is 0.220 e. The highest BCUT2D eigenvalue weighted by Gasteiger charge is 2.21. The largest absolute Gasteiger partial charge is 0.385 e. The Morgan fingerprint density at radius 2 is 1.90 bits per heavy atom. The van der Waals surface area contributed by atoms with Gasteiger partial charge < -0.3 is 10.1 Å². The number of carbonyl (C=O) groups is 1. The summed E-state index contributed by atoms with van der Waals surface area (Å²) in [5.41, 5.74) is 1.32. The van der Waals surface area contributed by atoms with Crippen molar-refractivity contribution in [3.8, 4) is 0 Å². The van der Waals surface area contributed by atoms with Crippen LogP contribution < -0.4 is 5.32 Å². The van der Waals surface area contributed by atoms with E-state index in [4.69, 9.17) is 4.74 Å². The number of nitrogens with one attached hydrogen (secondary N) is 1. The van der Waals surface area contributed by atoms with Crippen molar-refractivity contribution >= 4 is 5.91 Å². The van der Waals surface area contributed by atoms with Gasteiger partial charge in [-0.3, -0.25) is 4.79 Å². The second-order valence-electron chi connectivity index (χ2n) is 5.80. The van der Waals surface area contributed by atoms with Gasteiger partial charge in [-0.25, -0.2) is 0 Å². The molecule has 0 aliphatic carbocycles. The second kappa shape index (κ2) is 8.75. The van der Waals surface area contributed by atoms with E-state index in [1.165, 1.54) is 5.56 Å². The number of hydrogen-bond acceptors (Lipinski definition) is 2. The summed E-state index contributed by atoms with van der Waals surface area (Å²) in [5, 5.41) is 2.97. The zero-order chi connectivity index (χ0) is 14.8. The third-order valence-electron chi connectivity index (χ3n) is 3.63. The van der Waals surface area contributed by atoms with Crippen LogP contribution in [0.25, 0.3) is 0 Å². The van der Waals surface area contributed by atoms with Crippen LogP contribution in [-0.2, 0) is 14.9 Å². The minimum absolute atomic E-state index is 0.0364. The summed E-state index contributed by atoms with van der Waals surface area (Å²) in [6, 6.07) is 10.4. The Balaban J connectivity index is 2.26. The summed E-state index contributed by atoms with van der Waals surface area (Å²) in [6.45, 7) is 5.88. The number of rotatable bonds is 9. The van der Waals surface area contributed by atoms with Crippen LogP contribution in [0.5, 0.6) is 0 Å². The van der Waals surface area contributed by atoms with Gasteiger partial charge in [0.25, 0.3) is 0 Å². The molecule has 3 heteroatoms. The maximum atomic E-state index is 11.8. The lowest BCUT2D eigenvalue weighted by atomic mass is 9.80. The van der Waals surface area contributed by atoms with Crippen LogP contribution >= 0.6 is 0 Å². The molecule has 0 spiro atoms. The first-order valence-electron chi connectivity index (χ1n) is 7.37. The number of amides is 1. The maximum absolute atomic E-state index is 11.8. The van der Waals surface area contributed by atoms with Crippen LogP contribution in [0.3, 0.4) is 0 Å². The number of benzene rings is 1. The lowest BCUT2D eigenvalue weighted by molar-refractivity contribution is -0.121. The fraction of sp³-hybridized carbons (Fsp3) is 0.588. The van der Waals surface area contributed by atoms with Gasteiger partial charge in [-0.15, -0.1) is 0 Å². The minimum Gasteiger partial charge on any atom is -0.385 e. The van der Waals surface area contributed by atoms with Crippen LogP contribution in [-0.4, -0.2) is 26.2 Å². The number of hydrogen-bond donors (Lipinski definition) is 1. The molecule has 0 aliphatic heterocycles. The normalized spacial score (nSPS) is 11.3. The number of ether oxygens (including phenoxy) is 1. The fourth-order valence-corrected chi connectivity index (χ4v) is 2.15. The SMILES string of the molecule is COCCCCNC(=O)CCC(C)(C)c1ccccc1. The second-order valence-corrected chi connectivity index (χ2v) is 5.80. The van der Waals surface area contributed by atoms with Gasteiger partial charge in [-0.2, -0.15) is 0 Å². The van der Waals surface area contributed by atoms with Crippen molar-refractivity contribution in [3.63, 3.8) is 0 Å². The van der Waals surface area contributed by atoms with E-state index in [9.17, 15) is 4.79 Å². The molecule has 0 atom stereocenters. The van der Waals surface area contributed by atoms with Crippen LogP contribution in [0.4, 0.5) is 0 Å². The van der Waals surface area contributed by atoms with E-state index in [0.717, 1.165) is 32.4 Å². The Kier molecular flexibility index (Phi) is 7.31. The molecule has 0 fully saturated rings. The first-order chi connectivity index (χ1) is 9.56. The molecular formula is C17H27NO2. The quantitative estimate of drug-likeness (QED) is 0.703. The zero-order valence-corrected chi connectivity index (χ0v) is 12.9. The van der Waals surface area contributed by atoms with Gasteiger partial charge >= 0.3 is 0 Å². The monoisotopic (exact) mass is 277 g/mol. The van der Waals surface area contributed by atoms with Crippen molar-refractivity contribution in [2.24, 2.45) is 0 Å². The van der Waals surface area contributed by atoms with Crippen molar-refractivity contribution in [1.29, 1.82) is 0 Å². The van der Waals surface area contributed by atoms with E-state index in [1.54, 1.807) is 7.11 Å². The number of methoxy groups -OCH3 is 1. The molecule has 112 valence electrons. The molecule has 1 aromatic carbocycles. The van der Waals surface area contributed by atoms with Crippen molar-refractivity contribution < 1.29 is 9.53 Å². The Hall–Kier alpha value is -1.35. The average Bonchev–Trinajstić information content (AvgIpc) is 2.46. The molecule has 1 aromatic rings. The van der Waals surface area contributed by atoms with Crippen molar-refractivity contribution in [3.05, 3.63) is 35.9 Å². The molecule has 1 N–H and O–H groups in total. The Morgan fingerprint density at radius 3 is 2.55 bits per heavy atom. The van der Waals surface area contributed by atoms with Gasteiger partial charge in [0.05, 0.1) is 0 Å². The van der Waals surface area contributed by atoms with Crippen LogP contribution in [0.2, 0.25) is 0 Å². The molecule has 0 saturated carbocycles. The third-order valence-corrected chi connectivity index (χ3v) is 3.63. The lowest BCUT2D eigenvalue weighted by Gasteiger charge is -2.25. The molecule has 0 heterocycles.